The molecule has 2 aromatic rings. The molecule has 2 rings (SSSR count). The molecule has 0 aliphatic carbocycles. The van der Waals surface area contributed by atoms with Crippen molar-refractivity contribution in [3.05, 3.63) is 29.5 Å². The third kappa shape index (κ3) is 1.99. The molecule has 1 aromatic carbocycles. The van der Waals surface area contributed by atoms with Crippen LogP contribution in [0.2, 0.25) is 0 Å². The number of hydrogen-bond donors (Lipinski definition) is 1. The lowest BCUT2D eigenvalue weighted by Crippen LogP contribution is -2.01. The molecule has 0 aliphatic heterocycles. The van der Waals surface area contributed by atoms with Crippen LogP contribution >= 0.6 is 0 Å². The maximum atomic E-state index is 11.1. The molecule has 1 N–H and O–H groups in total. The zero-order chi connectivity index (χ0) is 12.6. The summed E-state index contributed by atoms with van der Waals surface area (Å²) in [5.74, 6) is -0.900. The third-order valence-corrected chi connectivity index (χ3v) is 2.31. The van der Waals surface area contributed by atoms with Crippen LogP contribution in [0.15, 0.2) is 22.6 Å². The standard InChI is InChI=1S/C12H10O5/c1-6-11(12(14)15)9-5-8(17-7(2)13)3-4-10(9)16-6/h3-5H,1-2H3,(H,14,15). The van der Waals surface area contributed by atoms with Crippen LogP contribution in [0.25, 0.3) is 11.0 Å². The normalized spacial score (nSPS) is 10.5. The predicted molar refractivity (Wildman–Crippen MR) is 59.2 cm³/mol. The minimum atomic E-state index is -1.07. The second kappa shape index (κ2) is 3.93. The minimum Gasteiger partial charge on any atom is -0.478 e. The maximum Gasteiger partial charge on any atom is 0.339 e. The van der Waals surface area contributed by atoms with E-state index < -0.39 is 11.9 Å². The van der Waals surface area contributed by atoms with Crippen LogP contribution in [0.4, 0.5) is 0 Å². The summed E-state index contributed by atoms with van der Waals surface area (Å²) in [6.45, 7) is 2.86. The molecule has 0 radical (unpaired) electrons. The highest BCUT2D eigenvalue weighted by Crippen LogP contribution is 2.29. The van der Waals surface area contributed by atoms with Gasteiger partial charge < -0.3 is 14.3 Å². The fraction of sp³-hybridized carbons (Fsp3) is 0.167. The molecule has 0 aliphatic rings. The number of carboxylic acids is 1. The second-order valence-electron chi connectivity index (χ2n) is 3.59. The van der Waals surface area contributed by atoms with E-state index in [1.165, 1.54) is 13.0 Å². The summed E-state index contributed by atoms with van der Waals surface area (Å²) in [5, 5.41) is 9.48. The van der Waals surface area contributed by atoms with Crippen molar-refractivity contribution in [2.45, 2.75) is 13.8 Å². The number of furan rings is 1. The molecule has 17 heavy (non-hydrogen) atoms. The number of hydrogen-bond acceptors (Lipinski definition) is 4. The van der Waals surface area contributed by atoms with Gasteiger partial charge in [-0.3, -0.25) is 4.79 Å². The Morgan fingerprint density at radius 2 is 2.06 bits per heavy atom. The average molecular weight is 234 g/mol. The number of ether oxygens (including phenoxy) is 1. The molecule has 0 amide bonds. The van der Waals surface area contributed by atoms with Crippen molar-refractivity contribution in [2.75, 3.05) is 0 Å². The molecule has 1 heterocycles. The Balaban J connectivity index is 2.62. The van der Waals surface area contributed by atoms with Gasteiger partial charge in [-0.2, -0.15) is 0 Å². The fourth-order valence-electron chi connectivity index (χ4n) is 1.69. The Kier molecular flexibility index (Phi) is 2.59. The van der Waals surface area contributed by atoms with E-state index in [-0.39, 0.29) is 5.56 Å². The first-order valence-electron chi connectivity index (χ1n) is 4.94. The summed E-state index contributed by atoms with van der Waals surface area (Å²) in [5.41, 5.74) is 0.546. The molecule has 0 unspecified atom stereocenters. The van der Waals surface area contributed by atoms with Crippen molar-refractivity contribution in [2.24, 2.45) is 0 Å². The van der Waals surface area contributed by atoms with Gasteiger partial charge in [0.2, 0.25) is 0 Å². The molecule has 0 spiro atoms. The molecule has 0 saturated carbocycles. The van der Waals surface area contributed by atoms with Crippen LogP contribution in [0.5, 0.6) is 5.75 Å². The second-order valence-corrected chi connectivity index (χ2v) is 3.59. The smallest absolute Gasteiger partial charge is 0.339 e. The Labute approximate surface area is 96.6 Å². The molecule has 0 saturated heterocycles. The van der Waals surface area contributed by atoms with Gasteiger partial charge in [0.25, 0.3) is 0 Å². The molecule has 5 heteroatoms. The van der Waals surface area contributed by atoms with Crippen molar-refractivity contribution < 1.29 is 23.8 Å². The quantitative estimate of drug-likeness (QED) is 0.637. The number of esters is 1. The van der Waals surface area contributed by atoms with E-state index in [4.69, 9.17) is 14.3 Å². The Hall–Kier alpha value is -2.30. The van der Waals surface area contributed by atoms with Crippen LogP contribution in [-0.2, 0) is 4.79 Å². The third-order valence-electron chi connectivity index (χ3n) is 2.31. The number of aryl methyl sites for hydroxylation is 1. The van der Waals surface area contributed by atoms with Crippen LogP contribution in [0.1, 0.15) is 23.0 Å². The van der Waals surface area contributed by atoms with Crippen LogP contribution in [-0.4, -0.2) is 17.0 Å². The van der Waals surface area contributed by atoms with Gasteiger partial charge in [-0.25, -0.2) is 4.79 Å². The summed E-state index contributed by atoms with van der Waals surface area (Å²) in [4.78, 5) is 21.9. The molecule has 0 fully saturated rings. The van der Waals surface area contributed by atoms with Gasteiger partial charge >= 0.3 is 11.9 Å². The van der Waals surface area contributed by atoms with Gasteiger partial charge in [0.1, 0.15) is 22.7 Å². The Bertz CT molecular complexity index is 609. The Morgan fingerprint density at radius 1 is 1.35 bits per heavy atom. The van der Waals surface area contributed by atoms with E-state index in [0.29, 0.717) is 22.5 Å². The number of aromatic carboxylic acids is 1. The van der Waals surface area contributed by atoms with Crippen LogP contribution in [0, 0.1) is 6.92 Å². The maximum absolute atomic E-state index is 11.1. The van der Waals surface area contributed by atoms with Crippen LogP contribution < -0.4 is 4.74 Å². The lowest BCUT2D eigenvalue weighted by Gasteiger charge is -2.00. The summed E-state index contributed by atoms with van der Waals surface area (Å²) >= 11 is 0. The van der Waals surface area contributed by atoms with E-state index in [0.717, 1.165) is 0 Å². The van der Waals surface area contributed by atoms with E-state index in [1.807, 2.05) is 0 Å². The highest BCUT2D eigenvalue weighted by atomic mass is 16.5. The van der Waals surface area contributed by atoms with Gasteiger partial charge in [0.15, 0.2) is 0 Å². The van der Waals surface area contributed by atoms with E-state index in [9.17, 15) is 9.59 Å². The largest absolute Gasteiger partial charge is 0.478 e. The molecule has 0 atom stereocenters. The molecular weight excluding hydrogens is 224 g/mol. The summed E-state index contributed by atoms with van der Waals surface area (Å²) < 4.78 is 10.2. The number of carbonyl (C=O) groups excluding carboxylic acids is 1. The van der Waals surface area contributed by atoms with E-state index in [1.54, 1.807) is 19.1 Å². The SMILES string of the molecule is CC(=O)Oc1ccc2oc(C)c(C(=O)O)c2c1. The topological polar surface area (TPSA) is 76.7 Å². The van der Waals surface area contributed by atoms with E-state index in [2.05, 4.69) is 0 Å². The molecule has 88 valence electrons. The zero-order valence-corrected chi connectivity index (χ0v) is 9.31. The highest BCUT2D eigenvalue weighted by molar-refractivity contribution is 6.04. The lowest BCUT2D eigenvalue weighted by molar-refractivity contribution is -0.131. The molecule has 1 aromatic heterocycles. The number of carbonyl (C=O) groups is 2. The van der Waals surface area contributed by atoms with Crippen molar-refractivity contribution in [1.29, 1.82) is 0 Å². The first-order valence-corrected chi connectivity index (χ1v) is 4.94. The summed E-state index contributed by atoms with van der Waals surface area (Å²) in [7, 11) is 0. The van der Waals surface area contributed by atoms with Crippen molar-refractivity contribution in [3.63, 3.8) is 0 Å². The number of rotatable bonds is 2. The highest BCUT2D eigenvalue weighted by Gasteiger charge is 2.17. The van der Waals surface area contributed by atoms with Gasteiger partial charge in [0, 0.05) is 12.3 Å². The van der Waals surface area contributed by atoms with Gasteiger partial charge in [-0.05, 0) is 25.1 Å². The Morgan fingerprint density at radius 3 is 2.65 bits per heavy atom. The zero-order valence-electron chi connectivity index (χ0n) is 9.31. The molecular formula is C12H10O5. The van der Waals surface area contributed by atoms with Crippen LogP contribution in [0.3, 0.4) is 0 Å². The van der Waals surface area contributed by atoms with Gasteiger partial charge in [-0.1, -0.05) is 0 Å². The first-order chi connectivity index (χ1) is 7.99. The van der Waals surface area contributed by atoms with Gasteiger partial charge in [0.05, 0.1) is 0 Å². The monoisotopic (exact) mass is 234 g/mol. The number of benzene rings is 1. The minimum absolute atomic E-state index is 0.0917. The first kappa shape index (κ1) is 11.2. The summed E-state index contributed by atoms with van der Waals surface area (Å²) in [6, 6.07) is 4.61. The number of carboxylic acid groups (broad SMARTS) is 1. The fourth-order valence-corrected chi connectivity index (χ4v) is 1.69. The van der Waals surface area contributed by atoms with Crippen molar-refractivity contribution in [1.82, 2.24) is 0 Å². The van der Waals surface area contributed by atoms with Crippen molar-refractivity contribution >= 4 is 22.9 Å². The van der Waals surface area contributed by atoms with E-state index >= 15 is 0 Å². The predicted octanol–water partition coefficient (Wildman–Crippen LogP) is 2.36. The van der Waals surface area contributed by atoms with Gasteiger partial charge in [-0.15, -0.1) is 0 Å². The van der Waals surface area contributed by atoms with Crippen molar-refractivity contribution in [3.8, 4) is 5.75 Å². The molecule has 0 bridgehead atoms. The summed E-state index contributed by atoms with van der Waals surface area (Å²) in [6.07, 6.45) is 0. The number of fused-ring (bicyclic) bond motifs is 1. The average Bonchev–Trinajstić information content (AvgIpc) is 2.52. The lowest BCUT2D eigenvalue weighted by atomic mass is 10.1. The molecule has 5 nitrogen and oxygen atoms in total.